The Morgan fingerprint density at radius 1 is 1.16 bits per heavy atom. The Hall–Kier alpha value is -0.680. The standard InChI is InChI=1S/C14H18F3NS/c15-14(16,17)19-13-8-4-3-7-12(13)10-18-9-11-5-1-2-6-11/h3-4,7-8,11,18H,1-2,5-6,9-10H2. The van der Waals surface area contributed by atoms with Gasteiger partial charge < -0.3 is 5.32 Å². The van der Waals surface area contributed by atoms with Crippen LogP contribution in [0.5, 0.6) is 0 Å². The molecule has 0 amide bonds. The molecule has 0 unspecified atom stereocenters. The zero-order valence-electron chi connectivity index (χ0n) is 10.7. The molecule has 1 fully saturated rings. The molecule has 2 rings (SSSR count). The van der Waals surface area contributed by atoms with Gasteiger partial charge in [0, 0.05) is 11.4 Å². The van der Waals surface area contributed by atoms with Gasteiger partial charge >= 0.3 is 5.51 Å². The second-order valence-corrected chi connectivity index (χ2v) is 6.04. The summed E-state index contributed by atoms with van der Waals surface area (Å²) in [5, 5.41) is 3.29. The van der Waals surface area contributed by atoms with Crippen LogP contribution in [0.25, 0.3) is 0 Å². The third-order valence-electron chi connectivity index (χ3n) is 3.42. The molecule has 0 saturated heterocycles. The SMILES string of the molecule is FC(F)(F)Sc1ccccc1CNCC1CCCC1. The third kappa shape index (κ3) is 5.07. The highest BCUT2D eigenvalue weighted by atomic mass is 32.2. The number of nitrogens with one attached hydrogen (secondary N) is 1. The van der Waals surface area contributed by atoms with Gasteiger partial charge in [-0.15, -0.1) is 0 Å². The highest BCUT2D eigenvalue weighted by Crippen LogP contribution is 2.38. The quantitative estimate of drug-likeness (QED) is 0.796. The van der Waals surface area contributed by atoms with Crippen molar-refractivity contribution in [2.24, 2.45) is 5.92 Å². The first-order valence-electron chi connectivity index (χ1n) is 6.59. The largest absolute Gasteiger partial charge is 0.446 e. The topological polar surface area (TPSA) is 12.0 Å². The fourth-order valence-electron chi connectivity index (χ4n) is 2.50. The molecule has 0 spiro atoms. The van der Waals surface area contributed by atoms with Gasteiger partial charge in [0.2, 0.25) is 0 Å². The summed E-state index contributed by atoms with van der Waals surface area (Å²) in [7, 11) is 0. The number of rotatable bonds is 5. The van der Waals surface area contributed by atoms with Gasteiger partial charge in [-0.3, -0.25) is 0 Å². The molecule has 0 radical (unpaired) electrons. The highest BCUT2D eigenvalue weighted by Gasteiger charge is 2.30. The van der Waals surface area contributed by atoms with Gasteiger partial charge in [-0.25, -0.2) is 0 Å². The van der Waals surface area contributed by atoms with E-state index >= 15 is 0 Å². The molecule has 1 N–H and O–H groups in total. The van der Waals surface area contributed by atoms with E-state index in [1.165, 1.54) is 31.7 Å². The van der Waals surface area contributed by atoms with Crippen LogP contribution in [-0.4, -0.2) is 12.1 Å². The summed E-state index contributed by atoms with van der Waals surface area (Å²) in [4.78, 5) is 0.300. The molecule has 1 aromatic rings. The molecule has 0 aliphatic heterocycles. The summed E-state index contributed by atoms with van der Waals surface area (Å²) in [6, 6.07) is 6.72. The number of benzene rings is 1. The molecule has 1 saturated carbocycles. The van der Waals surface area contributed by atoms with E-state index in [1.807, 2.05) is 0 Å². The van der Waals surface area contributed by atoms with E-state index in [2.05, 4.69) is 5.32 Å². The van der Waals surface area contributed by atoms with Crippen molar-refractivity contribution in [1.29, 1.82) is 0 Å². The first-order chi connectivity index (χ1) is 9.04. The van der Waals surface area contributed by atoms with Crippen LogP contribution >= 0.6 is 11.8 Å². The van der Waals surface area contributed by atoms with Crippen LogP contribution in [0.2, 0.25) is 0 Å². The Balaban J connectivity index is 1.88. The second-order valence-electron chi connectivity index (χ2n) is 4.94. The third-order valence-corrected chi connectivity index (χ3v) is 4.27. The lowest BCUT2D eigenvalue weighted by Crippen LogP contribution is -2.21. The van der Waals surface area contributed by atoms with Crippen LogP contribution in [0.3, 0.4) is 0 Å². The molecule has 1 aliphatic carbocycles. The van der Waals surface area contributed by atoms with Crippen LogP contribution in [0.15, 0.2) is 29.2 Å². The molecule has 0 atom stereocenters. The van der Waals surface area contributed by atoms with Crippen LogP contribution < -0.4 is 5.32 Å². The van der Waals surface area contributed by atoms with E-state index < -0.39 is 5.51 Å². The first kappa shape index (κ1) is 14.7. The fraction of sp³-hybridized carbons (Fsp3) is 0.571. The van der Waals surface area contributed by atoms with Gasteiger partial charge in [0.15, 0.2) is 0 Å². The van der Waals surface area contributed by atoms with Crippen molar-refractivity contribution in [3.8, 4) is 0 Å². The predicted molar refractivity (Wildman–Crippen MR) is 72.0 cm³/mol. The van der Waals surface area contributed by atoms with Gasteiger partial charge in [-0.1, -0.05) is 31.0 Å². The van der Waals surface area contributed by atoms with Gasteiger partial charge in [-0.2, -0.15) is 13.2 Å². The van der Waals surface area contributed by atoms with Crippen molar-refractivity contribution in [2.45, 2.75) is 42.6 Å². The molecule has 0 aromatic heterocycles. The summed E-state index contributed by atoms with van der Waals surface area (Å²) >= 11 is -0.0299. The highest BCUT2D eigenvalue weighted by molar-refractivity contribution is 8.00. The van der Waals surface area contributed by atoms with Crippen molar-refractivity contribution >= 4 is 11.8 Å². The summed E-state index contributed by atoms with van der Waals surface area (Å²) in [5.41, 5.74) is -3.50. The van der Waals surface area contributed by atoms with Gasteiger partial charge in [0.25, 0.3) is 0 Å². The van der Waals surface area contributed by atoms with Crippen LogP contribution in [0.4, 0.5) is 13.2 Å². The monoisotopic (exact) mass is 289 g/mol. The lowest BCUT2D eigenvalue weighted by molar-refractivity contribution is -0.0328. The second kappa shape index (κ2) is 6.66. The van der Waals surface area contributed by atoms with Crippen LogP contribution in [0, 0.1) is 5.92 Å². The van der Waals surface area contributed by atoms with E-state index in [0.717, 1.165) is 12.1 Å². The molecular weight excluding hydrogens is 271 g/mol. The fourth-order valence-corrected chi connectivity index (χ4v) is 3.17. The predicted octanol–water partition coefficient (Wildman–Crippen LogP) is 4.58. The Kier molecular flexibility index (Phi) is 5.16. The minimum Gasteiger partial charge on any atom is -0.312 e. The van der Waals surface area contributed by atoms with E-state index in [4.69, 9.17) is 0 Å². The number of alkyl halides is 3. The normalized spacial score (nSPS) is 17.0. The maximum atomic E-state index is 12.4. The smallest absolute Gasteiger partial charge is 0.312 e. The number of hydrogen-bond donors (Lipinski definition) is 1. The average molecular weight is 289 g/mol. The molecule has 19 heavy (non-hydrogen) atoms. The summed E-state index contributed by atoms with van der Waals surface area (Å²) < 4.78 is 37.3. The number of halogens is 3. The summed E-state index contributed by atoms with van der Waals surface area (Å²) in [5.74, 6) is 0.697. The zero-order valence-corrected chi connectivity index (χ0v) is 11.5. The summed E-state index contributed by atoms with van der Waals surface area (Å²) in [6.45, 7) is 1.42. The van der Waals surface area contributed by atoms with E-state index in [-0.39, 0.29) is 11.8 Å². The number of thioether (sulfide) groups is 1. The lowest BCUT2D eigenvalue weighted by atomic mass is 10.1. The molecule has 5 heteroatoms. The van der Waals surface area contributed by atoms with Crippen molar-refractivity contribution in [2.75, 3.05) is 6.54 Å². The van der Waals surface area contributed by atoms with Crippen molar-refractivity contribution < 1.29 is 13.2 Å². The Bertz CT molecular complexity index is 400. The summed E-state index contributed by atoms with van der Waals surface area (Å²) in [6.07, 6.45) is 5.05. The molecular formula is C14H18F3NS. The molecule has 1 aromatic carbocycles. The van der Waals surface area contributed by atoms with Crippen molar-refractivity contribution in [1.82, 2.24) is 5.32 Å². The zero-order chi connectivity index (χ0) is 13.7. The Morgan fingerprint density at radius 3 is 2.53 bits per heavy atom. The van der Waals surface area contributed by atoms with Gasteiger partial charge in [0.1, 0.15) is 0 Å². The molecule has 106 valence electrons. The van der Waals surface area contributed by atoms with Gasteiger partial charge in [0.05, 0.1) is 0 Å². The van der Waals surface area contributed by atoms with Crippen molar-refractivity contribution in [3.05, 3.63) is 29.8 Å². The Labute approximate surface area is 116 Å². The minimum atomic E-state index is -4.22. The number of hydrogen-bond acceptors (Lipinski definition) is 2. The average Bonchev–Trinajstić information content (AvgIpc) is 2.82. The maximum absolute atomic E-state index is 12.4. The molecule has 1 aliphatic rings. The van der Waals surface area contributed by atoms with E-state index in [9.17, 15) is 13.2 Å². The maximum Gasteiger partial charge on any atom is 0.446 e. The van der Waals surface area contributed by atoms with E-state index in [1.54, 1.807) is 18.2 Å². The van der Waals surface area contributed by atoms with Crippen LogP contribution in [0.1, 0.15) is 31.2 Å². The lowest BCUT2D eigenvalue weighted by Gasteiger charge is -2.14. The molecule has 0 heterocycles. The van der Waals surface area contributed by atoms with Gasteiger partial charge in [-0.05, 0) is 48.7 Å². The first-order valence-corrected chi connectivity index (χ1v) is 7.40. The minimum absolute atomic E-state index is 0.0299. The van der Waals surface area contributed by atoms with E-state index in [0.29, 0.717) is 17.4 Å². The molecule has 1 nitrogen and oxygen atoms in total. The molecule has 0 bridgehead atoms. The Morgan fingerprint density at radius 2 is 1.84 bits per heavy atom. The van der Waals surface area contributed by atoms with Crippen molar-refractivity contribution in [3.63, 3.8) is 0 Å². The van der Waals surface area contributed by atoms with Crippen LogP contribution in [-0.2, 0) is 6.54 Å².